The first-order chi connectivity index (χ1) is 12.8. The number of ketones is 1. The third-order valence-electron chi connectivity index (χ3n) is 9.92. The van der Waals surface area contributed by atoms with Crippen LogP contribution in [0.1, 0.15) is 65.7 Å². The first-order valence-electron chi connectivity index (χ1n) is 11.0. The average Bonchev–Trinajstić information content (AvgIpc) is 3.26. The van der Waals surface area contributed by atoms with Crippen molar-refractivity contribution in [1.29, 1.82) is 0 Å². The molecular formula is C24H30O3. The van der Waals surface area contributed by atoms with Gasteiger partial charge in [-0.1, -0.05) is 38.0 Å². The van der Waals surface area contributed by atoms with Gasteiger partial charge in [0, 0.05) is 24.2 Å². The fourth-order valence-electron chi connectivity index (χ4n) is 8.58. The first-order valence-corrected chi connectivity index (χ1v) is 11.0. The van der Waals surface area contributed by atoms with Crippen LogP contribution in [0.25, 0.3) is 0 Å². The second-order valence-corrected chi connectivity index (χ2v) is 10.9. The number of carbonyl (C=O) groups excluding carboxylic acids is 2. The van der Waals surface area contributed by atoms with Crippen molar-refractivity contribution in [2.24, 2.45) is 40.4 Å². The lowest BCUT2D eigenvalue weighted by molar-refractivity contribution is -0.174. The fourth-order valence-corrected chi connectivity index (χ4v) is 8.58. The van der Waals surface area contributed by atoms with E-state index in [2.05, 4.69) is 26.8 Å². The minimum atomic E-state index is -0.242. The van der Waals surface area contributed by atoms with Crippen LogP contribution in [0.15, 0.2) is 23.3 Å². The van der Waals surface area contributed by atoms with Gasteiger partial charge in [-0.05, 0) is 67.3 Å². The van der Waals surface area contributed by atoms with Gasteiger partial charge in [0.1, 0.15) is 5.60 Å². The third kappa shape index (κ3) is 1.76. The number of fused-ring (bicyclic) bond motifs is 9. The number of hydrogen-bond donors (Lipinski definition) is 0. The van der Waals surface area contributed by atoms with E-state index in [9.17, 15) is 9.59 Å². The summed E-state index contributed by atoms with van der Waals surface area (Å²) in [6.07, 6.45) is 11.1. The van der Waals surface area contributed by atoms with Crippen LogP contribution in [0.4, 0.5) is 0 Å². The summed E-state index contributed by atoms with van der Waals surface area (Å²) >= 11 is 0. The molecule has 27 heavy (non-hydrogen) atoms. The number of ether oxygens (including phenoxy) is 1. The maximum Gasteiger partial charge on any atom is 0.306 e. The highest BCUT2D eigenvalue weighted by molar-refractivity contribution is 5.91. The summed E-state index contributed by atoms with van der Waals surface area (Å²) in [5, 5.41) is 0. The second-order valence-electron chi connectivity index (χ2n) is 10.9. The predicted octanol–water partition coefficient (Wildman–Crippen LogP) is 4.62. The second kappa shape index (κ2) is 4.78. The molecule has 1 saturated heterocycles. The van der Waals surface area contributed by atoms with Crippen LogP contribution < -0.4 is 0 Å². The highest BCUT2D eigenvalue weighted by atomic mass is 16.6. The molecule has 0 aromatic heterocycles. The summed E-state index contributed by atoms with van der Waals surface area (Å²) in [5.41, 5.74) is 3.09. The molecule has 1 heterocycles. The molecule has 0 amide bonds. The van der Waals surface area contributed by atoms with Crippen LogP contribution in [0.5, 0.6) is 0 Å². The molecule has 3 heteroatoms. The SMILES string of the molecule is C[C@@H]1CC2=CC(=O)CC[C@]2(C)C2CC[C@@]3(C)C(C4=C[C@@H]4[C@@]34CCC(=O)O4)C21. The maximum absolute atomic E-state index is 12.1. The molecule has 1 spiro atoms. The Morgan fingerprint density at radius 3 is 2.67 bits per heavy atom. The molecule has 0 bridgehead atoms. The minimum Gasteiger partial charge on any atom is -0.457 e. The molecule has 3 unspecified atom stereocenters. The van der Waals surface area contributed by atoms with E-state index >= 15 is 0 Å². The quantitative estimate of drug-likeness (QED) is 0.464. The van der Waals surface area contributed by atoms with Crippen LogP contribution in [0, 0.1) is 40.4 Å². The van der Waals surface area contributed by atoms with E-state index in [1.807, 2.05) is 6.08 Å². The lowest BCUT2D eigenvalue weighted by Gasteiger charge is -2.61. The molecule has 3 saturated carbocycles. The first kappa shape index (κ1) is 16.6. The molecule has 1 aliphatic heterocycles. The predicted molar refractivity (Wildman–Crippen MR) is 102 cm³/mol. The molecule has 3 nitrogen and oxygen atoms in total. The van der Waals surface area contributed by atoms with Gasteiger partial charge < -0.3 is 4.74 Å². The molecule has 6 aliphatic rings. The van der Waals surface area contributed by atoms with Gasteiger partial charge in [-0.3, -0.25) is 9.59 Å². The van der Waals surface area contributed by atoms with Crippen LogP contribution in [0.3, 0.4) is 0 Å². The Hall–Kier alpha value is -1.38. The third-order valence-corrected chi connectivity index (χ3v) is 9.92. The number of carbonyl (C=O) groups is 2. The van der Waals surface area contributed by atoms with Gasteiger partial charge >= 0.3 is 5.97 Å². The van der Waals surface area contributed by atoms with Gasteiger partial charge in [0.25, 0.3) is 0 Å². The Balaban J connectivity index is 1.44. The number of hydrogen-bond acceptors (Lipinski definition) is 3. The van der Waals surface area contributed by atoms with Crippen LogP contribution in [0.2, 0.25) is 0 Å². The molecule has 4 fully saturated rings. The highest BCUT2D eigenvalue weighted by Gasteiger charge is 2.76. The molecule has 5 aliphatic carbocycles. The fraction of sp³-hybridized carbons (Fsp3) is 0.750. The molecule has 0 aromatic rings. The molecule has 0 radical (unpaired) electrons. The van der Waals surface area contributed by atoms with E-state index in [1.54, 1.807) is 5.57 Å². The van der Waals surface area contributed by atoms with Crippen molar-refractivity contribution in [2.75, 3.05) is 0 Å². The topological polar surface area (TPSA) is 43.4 Å². The van der Waals surface area contributed by atoms with Crippen molar-refractivity contribution >= 4 is 11.8 Å². The van der Waals surface area contributed by atoms with Crippen LogP contribution >= 0.6 is 0 Å². The maximum atomic E-state index is 12.1. The van der Waals surface area contributed by atoms with E-state index < -0.39 is 0 Å². The van der Waals surface area contributed by atoms with Crippen molar-refractivity contribution in [3.8, 4) is 0 Å². The Bertz CT molecular complexity index is 837. The van der Waals surface area contributed by atoms with Gasteiger partial charge in [0.2, 0.25) is 0 Å². The number of allylic oxidation sites excluding steroid dienone is 1. The largest absolute Gasteiger partial charge is 0.457 e. The molecule has 0 aromatic carbocycles. The van der Waals surface area contributed by atoms with Gasteiger partial charge in [-0.2, -0.15) is 0 Å². The summed E-state index contributed by atoms with van der Waals surface area (Å²) in [6.45, 7) is 7.29. The van der Waals surface area contributed by atoms with E-state index in [0.717, 1.165) is 25.7 Å². The number of rotatable bonds is 0. The van der Waals surface area contributed by atoms with Gasteiger partial charge in [-0.15, -0.1) is 0 Å². The van der Waals surface area contributed by atoms with E-state index in [-0.39, 0.29) is 22.4 Å². The van der Waals surface area contributed by atoms with Crippen LogP contribution in [-0.2, 0) is 14.3 Å². The minimum absolute atomic E-state index is 0.0123. The zero-order chi connectivity index (χ0) is 18.8. The molecule has 144 valence electrons. The van der Waals surface area contributed by atoms with E-state index in [4.69, 9.17) is 4.74 Å². The normalized spacial score (nSPS) is 55.1. The average molecular weight is 367 g/mol. The number of esters is 1. The zero-order valence-corrected chi connectivity index (χ0v) is 16.7. The Labute approximate surface area is 161 Å². The standard InChI is InChI=1S/C24H30O3/c1-13-10-14-11-15(25)4-7-22(14,2)17-5-8-23(3)21(20(13)17)16-12-18(16)24(23)9-6-19(26)27-24/h11-13,17-18,20-21H,4-10H2,1-3H3/t13-,17?,18+,20?,21?,22+,23+,24+/m1/s1. The summed E-state index contributed by atoms with van der Waals surface area (Å²) in [7, 11) is 0. The Morgan fingerprint density at radius 2 is 1.93 bits per heavy atom. The van der Waals surface area contributed by atoms with E-state index in [0.29, 0.717) is 48.2 Å². The monoisotopic (exact) mass is 366 g/mol. The lowest BCUT2D eigenvalue weighted by atomic mass is 9.44. The smallest absolute Gasteiger partial charge is 0.306 e. The Kier molecular flexibility index (Phi) is 2.93. The van der Waals surface area contributed by atoms with Crippen LogP contribution in [-0.4, -0.2) is 17.4 Å². The van der Waals surface area contributed by atoms with Crippen molar-refractivity contribution < 1.29 is 14.3 Å². The lowest BCUT2D eigenvalue weighted by Crippen LogP contribution is -2.57. The summed E-state index contributed by atoms with van der Waals surface area (Å²) in [4.78, 5) is 24.2. The Morgan fingerprint density at radius 1 is 1.11 bits per heavy atom. The van der Waals surface area contributed by atoms with Crippen molar-refractivity contribution in [2.45, 2.75) is 71.3 Å². The zero-order valence-electron chi connectivity index (χ0n) is 16.7. The molecule has 6 rings (SSSR count). The van der Waals surface area contributed by atoms with Crippen molar-refractivity contribution in [3.05, 3.63) is 23.3 Å². The van der Waals surface area contributed by atoms with Crippen molar-refractivity contribution in [1.82, 2.24) is 0 Å². The van der Waals surface area contributed by atoms with Gasteiger partial charge in [0.05, 0.1) is 0 Å². The molecular weight excluding hydrogens is 336 g/mol. The summed E-state index contributed by atoms with van der Waals surface area (Å²) < 4.78 is 6.15. The van der Waals surface area contributed by atoms with Crippen molar-refractivity contribution in [3.63, 3.8) is 0 Å². The molecule has 0 N–H and O–H groups in total. The molecule has 8 atom stereocenters. The summed E-state index contributed by atoms with van der Waals surface area (Å²) in [5.74, 6) is 3.25. The van der Waals surface area contributed by atoms with Gasteiger partial charge in [0.15, 0.2) is 5.78 Å². The highest BCUT2D eigenvalue weighted by Crippen LogP contribution is 2.77. The van der Waals surface area contributed by atoms with E-state index in [1.165, 1.54) is 12.0 Å². The summed E-state index contributed by atoms with van der Waals surface area (Å²) in [6, 6.07) is 0. The van der Waals surface area contributed by atoms with Gasteiger partial charge in [-0.25, -0.2) is 0 Å².